The van der Waals surface area contributed by atoms with Gasteiger partial charge in [-0.3, -0.25) is 4.79 Å². The molecular formula is C15H20N2O3. The van der Waals surface area contributed by atoms with Crippen LogP contribution in [0.25, 0.3) is 0 Å². The molecule has 0 aliphatic carbocycles. The van der Waals surface area contributed by atoms with E-state index in [1.54, 1.807) is 0 Å². The van der Waals surface area contributed by atoms with Gasteiger partial charge in [0, 0.05) is 12.6 Å². The Bertz CT molecular complexity index is 492. The van der Waals surface area contributed by atoms with Crippen LogP contribution in [0, 0.1) is 0 Å². The third-order valence-electron chi connectivity index (χ3n) is 3.76. The summed E-state index contributed by atoms with van der Waals surface area (Å²) in [5.41, 5.74) is 0.941. The number of anilines is 1. The van der Waals surface area contributed by atoms with E-state index >= 15 is 0 Å². The van der Waals surface area contributed by atoms with Crippen LogP contribution in [-0.4, -0.2) is 37.3 Å². The van der Waals surface area contributed by atoms with E-state index in [-0.39, 0.29) is 18.1 Å². The molecule has 108 valence electrons. The molecule has 20 heavy (non-hydrogen) atoms. The molecule has 1 amide bonds. The number of carbonyl (C=O) groups excluding carboxylic acids is 1. The summed E-state index contributed by atoms with van der Waals surface area (Å²) in [5, 5.41) is 6.29. The standard InChI is InChI=1S/C15H20N2O3/c1-10-8-11(6-7-19-10)17-15(18)14-9-16-12-4-2-3-5-13(12)20-14/h2-5,10-11,14,16H,6-9H2,1H3,(H,17,18). The lowest BCUT2D eigenvalue weighted by Crippen LogP contribution is -2.50. The molecule has 0 bridgehead atoms. The number of fused-ring (bicyclic) bond motifs is 1. The second-order valence-corrected chi connectivity index (χ2v) is 5.39. The molecular weight excluding hydrogens is 256 g/mol. The maximum absolute atomic E-state index is 12.3. The fraction of sp³-hybridized carbons (Fsp3) is 0.533. The van der Waals surface area contributed by atoms with Crippen molar-refractivity contribution in [3.05, 3.63) is 24.3 Å². The molecule has 2 N–H and O–H groups in total. The minimum Gasteiger partial charge on any atom is -0.477 e. The minimum absolute atomic E-state index is 0.0499. The lowest BCUT2D eigenvalue weighted by Gasteiger charge is -2.31. The van der Waals surface area contributed by atoms with Gasteiger partial charge in [0.25, 0.3) is 5.91 Å². The van der Waals surface area contributed by atoms with Crippen LogP contribution in [0.2, 0.25) is 0 Å². The molecule has 0 saturated carbocycles. The van der Waals surface area contributed by atoms with Crippen LogP contribution in [0.1, 0.15) is 19.8 Å². The Hall–Kier alpha value is -1.75. The average molecular weight is 276 g/mol. The Morgan fingerprint density at radius 3 is 3.10 bits per heavy atom. The number of ether oxygens (including phenoxy) is 2. The largest absolute Gasteiger partial charge is 0.477 e. The molecule has 1 aromatic carbocycles. The Balaban J connectivity index is 1.59. The number of carbonyl (C=O) groups is 1. The monoisotopic (exact) mass is 276 g/mol. The molecule has 1 aromatic rings. The molecule has 2 aliphatic heterocycles. The van der Waals surface area contributed by atoms with Crippen LogP contribution >= 0.6 is 0 Å². The zero-order chi connectivity index (χ0) is 13.9. The molecule has 0 radical (unpaired) electrons. The summed E-state index contributed by atoms with van der Waals surface area (Å²) >= 11 is 0. The minimum atomic E-state index is -0.469. The third kappa shape index (κ3) is 2.88. The van der Waals surface area contributed by atoms with Gasteiger partial charge in [-0.1, -0.05) is 12.1 Å². The number of rotatable bonds is 2. The van der Waals surface area contributed by atoms with Crippen LogP contribution in [0.5, 0.6) is 5.75 Å². The highest BCUT2D eigenvalue weighted by Crippen LogP contribution is 2.28. The molecule has 0 aromatic heterocycles. The first-order valence-corrected chi connectivity index (χ1v) is 7.14. The van der Waals surface area contributed by atoms with Crippen molar-refractivity contribution in [2.24, 2.45) is 0 Å². The lowest BCUT2D eigenvalue weighted by molar-refractivity contribution is -0.129. The van der Waals surface area contributed by atoms with Crippen molar-refractivity contribution in [2.45, 2.75) is 38.0 Å². The smallest absolute Gasteiger partial charge is 0.263 e. The zero-order valence-corrected chi connectivity index (χ0v) is 11.6. The number of hydrogen-bond donors (Lipinski definition) is 2. The topological polar surface area (TPSA) is 59.6 Å². The van der Waals surface area contributed by atoms with Crippen LogP contribution < -0.4 is 15.4 Å². The van der Waals surface area contributed by atoms with Crippen LogP contribution in [0.4, 0.5) is 5.69 Å². The Morgan fingerprint density at radius 2 is 2.25 bits per heavy atom. The fourth-order valence-electron chi connectivity index (χ4n) is 2.68. The van der Waals surface area contributed by atoms with Crippen LogP contribution in [0.15, 0.2) is 24.3 Å². The van der Waals surface area contributed by atoms with Gasteiger partial charge in [-0.15, -0.1) is 0 Å². The van der Waals surface area contributed by atoms with E-state index in [0.29, 0.717) is 13.2 Å². The van der Waals surface area contributed by atoms with E-state index < -0.39 is 6.10 Å². The van der Waals surface area contributed by atoms with Crippen molar-refractivity contribution in [1.29, 1.82) is 0 Å². The maximum atomic E-state index is 12.3. The summed E-state index contributed by atoms with van der Waals surface area (Å²) in [6.45, 7) is 3.24. The molecule has 2 aliphatic rings. The van der Waals surface area contributed by atoms with E-state index in [4.69, 9.17) is 9.47 Å². The predicted molar refractivity (Wildman–Crippen MR) is 75.9 cm³/mol. The molecule has 2 heterocycles. The summed E-state index contributed by atoms with van der Waals surface area (Å²) in [7, 11) is 0. The van der Waals surface area contributed by atoms with Gasteiger partial charge in [-0.25, -0.2) is 0 Å². The predicted octanol–water partition coefficient (Wildman–Crippen LogP) is 1.54. The molecule has 5 heteroatoms. The van der Waals surface area contributed by atoms with E-state index in [9.17, 15) is 4.79 Å². The van der Waals surface area contributed by atoms with Crippen molar-refractivity contribution in [1.82, 2.24) is 5.32 Å². The number of amides is 1. The van der Waals surface area contributed by atoms with E-state index in [2.05, 4.69) is 10.6 Å². The number of benzene rings is 1. The highest BCUT2D eigenvalue weighted by Gasteiger charge is 2.28. The van der Waals surface area contributed by atoms with Crippen LogP contribution in [0.3, 0.4) is 0 Å². The van der Waals surface area contributed by atoms with Crippen molar-refractivity contribution in [2.75, 3.05) is 18.5 Å². The highest BCUT2D eigenvalue weighted by molar-refractivity contribution is 5.83. The summed E-state index contributed by atoms with van der Waals surface area (Å²) in [6, 6.07) is 7.86. The average Bonchev–Trinajstić information content (AvgIpc) is 2.47. The lowest BCUT2D eigenvalue weighted by atomic mass is 10.0. The Morgan fingerprint density at radius 1 is 1.40 bits per heavy atom. The second kappa shape index (κ2) is 5.71. The summed E-state index contributed by atoms with van der Waals surface area (Å²) in [6.07, 6.45) is 1.47. The molecule has 1 fully saturated rings. The third-order valence-corrected chi connectivity index (χ3v) is 3.76. The first-order valence-electron chi connectivity index (χ1n) is 7.14. The zero-order valence-electron chi connectivity index (χ0n) is 11.6. The fourth-order valence-corrected chi connectivity index (χ4v) is 2.68. The SMILES string of the molecule is CC1CC(NC(=O)C2CNc3ccccc3O2)CCO1. The second-order valence-electron chi connectivity index (χ2n) is 5.39. The van der Waals surface area contributed by atoms with Gasteiger partial charge in [0.2, 0.25) is 0 Å². The number of para-hydroxylation sites is 2. The molecule has 1 saturated heterocycles. The van der Waals surface area contributed by atoms with Gasteiger partial charge >= 0.3 is 0 Å². The maximum Gasteiger partial charge on any atom is 0.263 e. The van der Waals surface area contributed by atoms with Gasteiger partial charge in [-0.2, -0.15) is 0 Å². The first-order chi connectivity index (χ1) is 9.72. The van der Waals surface area contributed by atoms with Gasteiger partial charge < -0.3 is 20.1 Å². The van der Waals surface area contributed by atoms with Gasteiger partial charge in [0.05, 0.1) is 18.3 Å². The van der Waals surface area contributed by atoms with Gasteiger partial charge in [-0.05, 0) is 31.9 Å². The van der Waals surface area contributed by atoms with E-state index in [1.807, 2.05) is 31.2 Å². The molecule has 5 nitrogen and oxygen atoms in total. The number of hydrogen-bond acceptors (Lipinski definition) is 4. The quantitative estimate of drug-likeness (QED) is 0.860. The van der Waals surface area contributed by atoms with Crippen LogP contribution in [-0.2, 0) is 9.53 Å². The van der Waals surface area contributed by atoms with Gasteiger partial charge in [0.1, 0.15) is 5.75 Å². The summed E-state index contributed by atoms with van der Waals surface area (Å²) in [4.78, 5) is 12.3. The van der Waals surface area contributed by atoms with Crippen molar-refractivity contribution in [3.8, 4) is 5.75 Å². The molecule has 0 spiro atoms. The van der Waals surface area contributed by atoms with Crippen molar-refractivity contribution < 1.29 is 14.3 Å². The van der Waals surface area contributed by atoms with E-state index in [0.717, 1.165) is 24.3 Å². The van der Waals surface area contributed by atoms with Gasteiger partial charge in [0.15, 0.2) is 6.10 Å². The summed E-state index contributed by atoms with van der Waals surface area (Å²) < 4.78 is 11.2. The normalized spacial score (nSPS) is 28.8. The number of nitrogens with one attached hydrogen (secondary N) is 2. The first kappa shape index (κ1) is 13.2. The van der Waals surface area contributed by atoms with Crippen molar-refractivity contribution in [3.63, 3.8) is 0 Å². The van der Waals surface area contributed by atoms with E-state index in [1.165, 1.54) is 0 Å². The summed E-state index contributed by atoms with van der Waals surface area (Å²) in [5.74, 6) is 0.686. The van der Waals surface area contributed by atoms with Crippen molar-refractivity contribution >= 4 is 11.6 Å². The Kier molecular flexibility index (Phi) is 3.78. The molecule has 3 rings (SSSR count). The molecule has 3 unspecified atom stereocenters. The Labute approximate surface area is 118 Å². The molecule has 3 atom stereocenters. The highest BCUT2D eigenvalue weighted by atomic mass is 16.5.